The van der Waals surface area contributed by atoms with Gasteiger partial charge in [-0.15, -0.1) is 0 Å². The van der Waals surface area contributed by atoms with E-state index in [9.17, 15) is 8.42 Å². The van der Waals surface area contributed by atoms with Crippen molar-refractivity contribution < 1.29 is 8.42 Å². The predicted octanol–water partition coefficient (Wildman–Crippen LogP) is 3.62. The SMILES string of the molecule is Cc1ccc(C)c(NC(=S)N2CCN(S(=O)(=O)C=Cc3ccccc3)CC2)c1. The summed E-state index contributed by atoms with van der Waals surface area (Å²) in [4.78, 5) is 2.02. The van der Waals surface area contributed by atoms with Crippen LogP contribution in [0.15, 0.2) is 53.9 Å². The molecule has 2 aromatic carbocycles. The van der Waals surface area contributed by atoms with Crippen LogP contribution in [0.1, 0.15) is 16.7 Å². The lowest BCUT2D eigenvalue weighted by Crippen LogP contribution is -2.51. The molecule has 0 atom stereocenters. The summed E-state index contributed by atoms with van der Waals surface area (Å²) in [5, 5.41) is 5.21. The molecule has 1 aliphatic rings. The molecule has 0 amide bonds. The predicted molar refractivity (Wildman–Crippen MR) is 120 cm³/mol. The molecule has 0 bridgehead atoms. The molecule has 28 heavy (non-hydrogen) atoms. The van der Waals surface area contributed by atoms with Gasteiger partial charge in [0.2, 0.25) is 10.0 Å². The largest absolute Gasteiger partial charge is 0.346 e. The zero-order valence-electron chi connectivity index (χ0n) is 16.1. The van der Waals surface area contributed by atoms with E-state index < -0.39 is 10.0 Å². The topological polar surface area (TPSA) is 52.6 Å². The normalized spacial score (nSPS) is 15.7. The highest BCUT2D eigenvalue weighted by Gasteiger charge is 2.26. The molecule has 5 nitrogen and oxygen atoms in total. The summed E-state index contributed by atoms with van der Waals surface area (Å²) in [6.45, 7) is 6.03. The molecule has 148 valence electrons. The first kappa shape index (κ1) is 20.5. The van der Waals surface area contributed by atoms with E-state index in [4.69, 9.17) is 12.2 Å². The second-order valence-corrected chi connectivity index (χ2v) is 9.10. The smallest absolute Gasteiger partial charge is 0.236 e. The Morgan fingerprint density at radius 1 is 1.04 bits per heavy atom. The van der Waals surface area contributed by atoms with Crippen LogP contribution in [-0.4, -0.2) is 48.9 Å². The van der Waals surface area contributed by atoms with Crippen LogP contribution in [0.5, 0.6) is 0 Å². The molecule has 7 heteroatoms. The Morgan fingerprint density at radius 2 is 1.71 bits per heavy atom. The number of benzene rings is 2. The van der Waals surface area contributed by atoms with Crippen molar-refractivity contribution >= 4 is 39.1 Å². The van der Waals surface area contributed by atoms with E-state index >= 15 is 0 Å². The highest BCUT2D eigenvalue weighted by atomic mass is 32.2. The summed E-state index contributed by atoms with van der Waals surface area (Å²) < 4.78 is 26.7. The summed E-state index contributed by atoms with van der Waals surface area (Å²) in [6, 6.07) is 15.6. The average molecular weight is 416 g/mol. The van der Waals surface area contributed by atoms with Gasteiger partial charge in [-0.25, -0.2) is 8.42 Å². The standard InChI is InChI=1S/C21H25N3O2S2/c1-17-8-9-18(2)20(16-17)22-21(27)23-11-13-24(14-12-23)28(25,26)15-10-19-6-4-3-5-7-19/h3-10,15-16H,11-14H2,1-2H3,(H,22,27). The molecule has 1 aliphatic heterocycles. The maximum Gasteiger partial charge on any atom is 0.236 e. The van der Waals surface area contributed by atoms with Crippen molar-refractivity contribution in [3.63, 3.8) is 0 Å². The van der Waals surface area contributed by atoms with Crippen molar-refractivity contribution in [2.24, 2.45) is 0 Å². The van der Waals surface area contributed by atoms with Crippen LogP contribution in [0.2, 0.25) is 0 Å². The Hall–Kier alpha value is -2.22. The summed E-state index contributed by atoms with van der Waals surface area (Å²) in [6.07, 6.45) is 1.63. The average Bonchev–Trinajstić information content (AvgIpc) is 2.70. The van der Waals surface area contributed by atoms with Crippen molar-refractivity contribution in [1.29, 1.82) is 0 Å². The van der Waals surface area contributed by atoms with E-state index in [1.54, 1.807) is 6.08 Å². The van der Waals surface area contributed by atoms with E-state index in [0.717, 1.165) is 22.4 Å². The fraction of sp³-hybridized carbons (Fsp3) is 0.286. The summed E-state index contributed by atoms with van der Waals surface area (Å²) in [7, 11) is -3.44. The third-order valence-corrected chi connectivity index (χ3v) is 6.68. The number of rotatable bonds is 4. The van der Waals surface area contributed by atoms with Gasteiger partial charge < -0.3 is 10.2 Å². The van der Waals surface area contributed by atoms with E-state index in [0.29, 0.717) is 31.3 Å². The van der Waals surface area contributed by atoms with Gasteiger partial charge in [0.15, 0.2) is 5.11 Å². The van der Waals surface area contributed by atoms with Crippen molar-refractivity contribution in [3.05, 3.63) is 70.6 Å². The minimum atomic E-state index is -3.44. The van der Waals surface area contributed by atoms with Crippen LogP contribution >= 0.6 is 12.2 Å². The molecule has 0 radical (unpaired) electrons. The summed E-state index contributed by atoms with van der Waals surface area (Å²) >= 11 is 5.54. The van der Waals surface area contributed by atoms with Crippen molar-refractivity contribution in [2.45, 2.75) is 13.8 Å². The van der Waals surface area contributed by atoms with Crippen LogP contribution in [-0.2, 0) is 10.0 Å². The summed E-state index contributed by atoms with van der Waals surface area (Å²) in [5.41, 5.74) is 4.15. The van der Waals surface area contributed by atoms with Gasteiger partial charge in [-0.2, -0.15) is 4.31 Å². The Morgan fingerprint density at radius 3 is 2.39 bits per heavy atom. The number of nitrogens with one attached hydrogen (secondary N) is 1. The molecule has 0 aliphatic carbocycles. The molecule has 3 rings (SSSR count). The first-order chi connectivity index (χ1) is 13.3. The van der Waals surface area contributed by atoms with Crippen molar-refractivity contribution in [2.75, 3.05) is 31.5 Å². The molecular weight excluding hydrogens is 390 g/mol. The van der Waals surface area contributed by atoms with Crippen molar-refractivity contribution in [3.8, 4) is 0 Å². The van der Waals surface area contributed by atoms with E-state index in [2.05, 4.69) is 23.5 Å². The highest BCUT2D eigenvalue weighted by molar-refractivity contribution is 7.92. The van der Waals surface area contributed by atoms with Gasteiger partial charge in [0.05, 0.1) is 0 Å². The van der Waals surface area contributed by atoms with Crippen LogP contribution in [0.25, 0.3) is 6.08 Å². The fourth-order valence-corrected chi connectivity index (χ4v) is 4.49. The molecule has 0 unspecified atom stereocenters. The Labute approximate surface area is 172 Å². The Bertz CT molecular complexity index is 964. The molecule has 1 heterocycles. The van der Waals surface area contributed by atoms with Crippen LogP contribution in [0.4, 0.5) is 5.69 Å². The van der Waals surface area contributed by atoms with Gasteiger partial charge in [-0.05, 0) is 54.9 Å². The molecule has 1 N–H and O–H groups in total. The Balaban J connectivity index is 1.58. The highest BCUT2D eigenvalue weighted by Crippen LogP contribution is 2.18. The van der Waals surface area contributed by atoms with Gasteiger partial charge in [0, 0.05) is 37.3 Å². The molecular formula is C21H25N3O2S2. The lowest BCUT2D eigenvalue weighted by atomic mass is 10.1. The molecule has 0 aromatic heterocycles. The maximum absolute atomic E-state index is 12.6. The monoisotopic (exact) mass is 415 g/mol. The van der Waals surface area contributed by atoms with Gasteiger partial charge in [-0.1, -0.05) is 42.5 Å². The minimum absolute atomic E-state index is 0.413. The maximum atomic E-state index is 12.6. The van der Waals surface area contributed by atoms with E-state index in [1.165, 1.54) is 9.71 Å². The minimum Gasteiger partial charge on any atom is -0.346 e. The van der Waals surface area contributed by atoms with Gasteiger partial charge in [0.1, 0.15) is 0 Å². The van der Waals surface area contributed by atoms with E-state index in [-0.39, 0.29) is 0 Å². The third kappa shape index (κ3) is 5.19. The van der Waals surface area contributed by atoms with Gasteiger partial charge in [-0.3, -0.25) is 0 Å². The van der Waals surface area contributed by atoms with Gasteiger partial charge in [0.25, 0.3) is 0 Å². The first-order valence-electron chi connectivity index (χ1n) is 9.21. The summed E-state index contributed by atoms with van der Waals surface area (Å²) in [5.74, 6) is 0. The molecule has 1 saturated heterocycles. The molecule has 0 spiro atoms. The third-order valence-electron chi connectivity index (χ3n) is 4.75. The van der Waals surface area contributed by atoms with E-state index in [1.807, 2.05) is 49.1 Å². The molecule has 1 fully saturated rings. The first-order valence-corrected chi connectivity index (χ1v) is 11.1. The lowest BCUT2D eigenvalue weighted by molar-refractivity contribution is 0.270. The number of sulfonamides is 1. The van der Waals surface area contributed by atoms with Crippen molar-refractivity contribution in [1.82, 2.24) is 9.21 Å². The fourth-order valence-electron chi connectivity index (χ4n) is 3.03. The second-order valence-electron chi connectivity index (χ2n) is 6.89. The number of anilines is 1. The second kappa shape index (κ2) is 8.86. The van der Waals surface area contributed by atoms with Gasteiger partial charge >= 0.3 is 0 Å². The lowest BCUT2D eigenvalue weighted by Gasteiger charge is -2.35. The van der Waals surface area contributed by atoms with Crippen LogP contribution in [0.3, 0.4) is 0 Å². The zero-order chi connectivity index (χ0) is 20.1. The van der Waals surface area contributed by atoms with Crippen LogP contribution in [0, 0.1) is 13.8 Å². The quantitative estimate of drug-likeness (QED) is 0.773. The number of thiocarbonyl (C=S) groups is 1. The molecule has 2 aromatic rings. The number of hydrogen-bond acceptors (Lipinski definition) is 3. The number of nitrogens with zero attached hydrogens (tertiary/aromatic N) is 2. The van der Waals surface area contributed by atoms with Crippen LogP contribution < -0.4 is 5.32 Å². The number of piperazine rings is 1. The number of aryl methyl sites for hydroxylation is 2. The Kier molecular flexibility index (Phi) is 6.49. The molecule has 0 saturated carbocycles. The number of hydrogen-bond donors (Lipinski definition) is 1. The zero-order valence-corrected chi connectivity index (χ0v) is 17.8.